The molecular weight excluding hydrogens is 266 g/mol. The normalized spacial score (nSPS) is 25.4. The third-order valence-corrected chi connectivity index (χ3v) is 4.03. The monoisotopic (exact) mass is 291 g/mol. The third kappa shape index (κ3) is 4.74. The molecule has 1 aromatic rings. The lowest BCUT2D eigenvalue weighted by molar-refractivity contribution is -0.121. The minimum absolute atomic E-state index is 0.00344. The van der Waals surface area contributed by atoms with Gasteiger partial charge in [0, 0.05) is 11.6 Å². The molecule has 1 fully saturated rings. The molecule has 1 aliphatic carbocycles. The molecule has 0 saturated heterocycles. The minimum Gasteiger partial charge on any atom is -0.491 e. The van der Waals surface area contributed by atoms with Crippen LogP contribution in [0.4, 0.5) is 5.69 Å². The summed E-state index contributed by atoms with van der Waals surface area (Å²) in [5.41, 5.74) is 0.794. The predicted molar refractivity (Wildman–Crippen MR) is 83.3 cm³/mol. The molecule has 2 unspecified atom stereocenters. The van der Waals surface area contributed by atoms with Gasteiger partial charge < -0.3 is 15.2 Å². The van der Waals surface area contributed by atoms with Crippen molar-refractivity contribution >= 4 is 11.6 Å². The largest absolute Gasteiger partial charge is 0.491 e. The molecule has 2 atom stereocenters. The number of carbonyl (C=O) groups excluding carboxylic acids is 1. The van der Waals surface area contributed by atoms with E-state index in [1.54, 1.807) is 12.1 Å². The van der Waals surface area contributed by atoms with Crippen LogP contribution in [0.1, 0.15) is 33.1 Å². The van der Waals surface area contributed by atoms with Crippen LogP contribution in [-0.4, -0.2) is 24.2 Å². The molecule has 0 spiro atoms. The molecule has 116 valence electrons. The Morgan fingerprint density at radius 3 is 2.38 bits per heavy atom. The molecule has 1 amide bonds. The highest BCUT2D eigenvalue weighted by atomic mass is 16.5. The van der Waals surface area contributed by atoms with Crippen molar-refractivity contribution < 1.29 is 14.6 Å². The molecule has 1 aromatic carbocycles. The van der Waals surface area contributed by atoms with E-state index in [4.69, 9.17) is 9.84 Å². The number of carbonyl (C=O) groups is 1. The molecule has 0 radical (unpaired) electrons. The highest BCUT2D eigenvalue weighted by Gasteiger charge is 2.28. The van der Waals surface area contributed by atoms with Gasteiger partial charge in [-0.05, 0) is 55.4 Å². The van der Waals surface area contributed by atoms with E-state index < -0.39 is 0 Å². The number of amides is 1. The fourth-order valence-electron chi connectivity index (χ4n) is 3.20. The SMILES string of the molecule is CC1CC(C)CC(C(=O)Nc2ccc(OCCO)cc2)C1. The highest BCUT2D eigenvalue weighted by molar-refractivity contribution is 5.92. The number of hydrogen-bond acceptors (Lipinski definition) is 3. The second-order valence-electron chi connectivity index (χ2n) is 6.20. The summed E-state index contributed by atoms with van der Waals surface area (Å²) >= 11 is 0. The van der Waals surface area contributed by atoms with Crippen molar-refractivity contribution in [2.75, 3.05) is 18.5 Å². The van der Waals surface area contributed by atoms with Crippen LogP contribution in [0.25, 0.3) is 0 Å². The fraction of sp³-hybridized carbons (Fsp3) is 0.588. The molecule has 0 aromatic heterocycles. The average Bonchev–Trinajstić information content (AvgIpc) is 2.45. The van der Waals surface area contributed by atoms with E-state index in [1.165, 1.54) is 6.42 Å². The fourth-order valence-corrected chi connectivity index (χ4v) is 3.20. The van der Waals surface area contributed by atoms with Crippen LogP contribution in [-0.2, 0) is 4.79 Å². The first-order valence-corrected chi connectivity index (χ1v) is 7.73. The summed E-state index contributed by atoms with van der Waals surface area (Å²) in [4.78, 5) is 12.3. The first-order valence-electron chi connectivity index (χ1n) is 7.73. The van der Waals surface area contributed by atoms with E-state index in [9.17, 15) is 4.79 Å². The molecule has 2 rings (SSSR count). The summed E-state index contributed by atoms with van der Waals surface area (Å²) in [5.74, 6) is 2.19. The summed E-state index contributed by atoms with van der Waals surface area (Å²) in [6, 6.07) is 7.27. The van der Waals surface area contributed by atoms with Gasteiger partial charge in [-0.1, -0.05) is 13.8 Å². The maximum atomic E-state index is 12.3. The quantitative estimate of drug-likeness (QED) is 0.876. The summed E-state index contributed by atoms with van der Waals surface area (Å²) in [6.45, 7) is 4.73. The van der Waals surface area contributed by atoms with Gasteiger partial charge in [-0.15, -0.1) is 0 Å². The molecule has 1 saturated carbocycles. The van der Waals surface area contributed by atoms with Gasteiger partial charge in [0.2, 0.25) is 5.91 Å². The number of aliphatic hydroxyl groups is 1. The summed E-state index contributed by atoms with van der Waals surface area (Å²) in [7, 11) is 0. The van der Waals surface area contributed by atoms with Crippen molar-refractivity contribution in [3.05, 3.63) is 24.3 Å². The van der Waals surface area contributed by atoms with Crippen LogP contribution in [0.3, 0.4) is 0 Å². The minimum atomic E-state index is -0.00344. The molecule has 2 N–H and O–H groups in total. The first-order chi connectivity index (χ1) is 10.1. The van der Waals surface area contributed by atoms with Crippen LogP contribution >= 0.6 is 0 Å². The zero-order valence-corrected chi connectivity index (χ0v) is 12.8. The molecule has 4 heteroatoms. The molecular formula is C17H25NO3. The van der Waals surface area contributed by atoms with Gasteiger partial charge in [0.15, 0.2) is 0 Å². The van der Waals surface area contributed by atoms with Gasteiger partial charge >= 0.3 is 0 Å². The number of nitrogens with one attached hydrogen (secondary N) is 1. The summed E-state index contributed by atoms with van der Waals surface area (Å²) in [6.07, 6.45) is 3.18. The second-order valence-corrected chi connectivity index (χ2v) is 6.20. The topological polar surface area (TPSA) is 58.6 Å². The average molecular weight is 291 g/mol. The van der Waals surface area contributed by atoms with Crippen molar-refractivity contribution in [3.8, 4) is 5.75 Å². The van der Waals surface area contributed by atoms with Gasteiger partial charge in [0.25, 0.3) is 0 Å². The Labute approximate surface area is 126 Å². The molecule has 21 heavy (non-hydrogen) atoms. The zero-order valence-electron chi connectivity index (χ0n) is 12.8. The van der Waals surface area contributed by atoms with Crippen LogP contribution in [0.5, 0.6) is 5.75 Å². The molecule has 0 heterocycles. The van der Waals surface area contributed by atoms with E-state index >= 15 is 0 Å². The molecule has 1 aliphatic rings. The summed E-state index contributed by atoms with van der Waals surface area (Å²) in [5, 5.41) is 11.7. The third-order valence-electron chi connectivity index (χ3n) is 4.03. The standard InChI is InChI=1S/C17H25NO3/c1-12-9-13(2)11-14(10-12)17(20)18-15-3-5-16(6-4-15)21-8-7-19/h3-6,12-14,19H,7-11H2,1-2H3,(H,18,20). The van der Waals surface area contributed by atoms with E-state index in [-0.39, 0.29) is 25.0 Å². The number of rotatable bonds is 5. The van der Waals surface area contributed by atoms with Gasteiger partial charge in [-0.2, -0.15) is 0 Å². The van der Waals surface area contributed by atoms with Gasteiger partial charge in [0.1, 0.15) is 12.4 Å². The Balaban J connectivity index is 1.90. The Bertz CT molecular complexity index is 448. The number of hydrogen-bond donors (Lipinski definition) is 2. The van der Waals surface area contributed by atoms with Crippen LogP contribution in [0.2, 0.25) is 0 Å². The van der Waals surface area contributed by atoms with Crippen LogP contribution in [0, 0.1) is 17.8 Å². The maximum Gasteiger partial charge on any atom is 0.227 e. The lowest BCUT2D eigenvalue weighted by Crippen LogP contribution is -2.30. The van der Waals surface area contributed by atoms with Gasteiger partial charge in [-0.25, -0.2) is 0 Å². The Hall–Kier alpha value is -1.55. The van der Waals surface area contributed by atoms with E-state index in [0.717, 1.165) is 18.5 Å². The van der Waals surface area contributed by atoms with E-state index in [1.807, 2.05) is 12.1 Å². The van der Waals surface area contributed by atoms with E-state index in [2.05, 4.69) is 19.2 Å². The van der Waals surface area contributed by atoms with Crippen molar-refractivity contribution in [1.29, 1.82) is 0 Å². The van der Waals surface area contributed by atoms with Crippen molar-refractivity contribution in [3.63, 3.8) is 0 Å². The highest BCUT2D eigenvalue weighted by Crippen LogP contribution is 2.33. The van der Waals surface area contributed by atoms with Crippen molar-refractivity contribution in [2.24, 2.45) is 17.8 Å². The number of ether oxygens (including phenoxy) is 1. The van der Waals surface area contributed by atoms with Gasteiger partial charge in [-0.3, -0.25) is 4.79 Å². The van der Waals surface area contributed by atoms with Crippen molar-refractivity contribution in [1.82, 2.24) is 0 Å². The van der Waals surface area contributed by atoms with Crippen molar-refractivity contribution in [2.45, 2.75) is 33.1 Å². The van der Waals surface area contributed by atoms with Crippen LogP contribution < -0.4 is 10.1 Å². The maximum absolute atomic E-state index is 12.3. The Morgan fingerprint density at radius 1 is 1.19 bits per heavy atom. The number of aliphatic hydroxyl groups excluding tert-OH is 1. The molecule has 0 bridgehead atoms. The molecule has 0 aliphatic heterocycles. The lowest BCUT2D eigenvalue weighted by atomic mass is 9.76. The predicted octanol–water partition coefficient (Wildman–Crippen LogP) is 3.07. The van der Waals surface area contributed by atoms with Crippen LogP contribution in [0.15, 0.2) is 24.3 Å². The van der Waals surface area contributed by atoms with Gasteiger partial charge in [0.05, 0.1) is 6.61 Å². The van der Waals surface area contributed by atoms with E-state index in [0.29, 0.717) is 17.6 Å². The second kappa shape index (κ2) is 7.46. The summed E-state index contributed by atoms with van der Waals surface area (Å²) < 4.78 is 5.30. The number of anilines is 1. The smallest absolute Gasteiger partial charge is 0.227 e. The Morgan fingerprint density at radius 2 is 1.81 bits per heavy atom. The first kappa shape index (κ1) is 15.8. The molecule has 4 nitrogen and oxygen atoms in total. The number of benzene rings is 1. The zero-order chi connectivity index (χ0) is 15.2. The Kier molecular flexibility index (Phi) is 5.62. The lowest BCUT2D eigenvalue weighted by Gasteiger charge is -2.30.